The summed E-state index contributed by atoms with van der Waals surface area (Å²) in [6, 6.07) is 9.24. The molecule has 1 aromatic heterocycles. The van der Waals surface area contributed by atoms with Crippen molar-refractivity contribution in [3.8, 4) is 0 Å². The van der Waals surface area contributed by atoms with Gasteiger partial charge < -0.3 is 13.5 Å². The van der Waals surface area contributed by atoms with Crippen molar-refractivity contribution in [2.75, 3.05) is 13.2 Å². The fourth-order valence-corrected chi connectivity index (χ4v) is 2.65. The molecule has 0 N–H and O–H groups in total. The number of carbonyl (C=O) groups is 1. The lowest BCUT2D eigenvalue weighted by molar-refractivity contribution is 0.231. The molecular formula is C15H19O6P. The fourth-order valence-electron chi connectivity index (χ4n) is 1.73. The van der Waals surface area contributed by atoms with Crippen molar-refractivity contribution in [2.45, 2.75) is 20.8 Å². The zero-order chi connectivity index (χ0) is 16.6. The van der Waals surface area contributed by atoms with Crippen LogP contribution in [0.25, 0.3) is 11.0 Å². The van der Waals surface area contributed by atoms with E-state index in [0.717, 1.165) is 10.9 Å². The molecule has 1 heterocycles. The molecule has 0 fully saturated rings. The molecule has 22 heavy (non-hydrogen) atoms. The summed E-state index contributed by atoms with van der Waals surface area (Å²) in [7, 11) is -3.38. The van der Waals surface area contributed by atoms with Crippen LogP contribution >= 0.6 is 7.60 Å². The molecule has 0 spiro atoms. The Labute approximate surface area is 128 Å². The zero-order valence-electron chi connectivity index (χ0n) is 12.8. The fraction of sp³-hybridized carbons (Fsp3) is 0.333. The van der Waals surface area contributed by atoms with E-state index >= 15 is 0 Å². The first-order valence-electron chi connectivity index (χ1n) is 6.80. The van der Waals surface area contributed by atoms with Crippen molar-refractivity contribution >= 4 is 24.6 Å². The van der Waals surface area contributed by atoms with Gasteiger partial charge in [-0.15, -0.1) is 0 Å². The summed E-state index contributed by atoms with van der Waals surface area (Å²) in [5.41, 5.74) is 1.33. The summed E-state index contributed by atoms with van der Waals surface area (Å²) < 4.78 is 25.1. The lowest BCUT2D eigenvalue weighted by Gasteiger charge is -2.08. The molecule has 2 aromatic rings. The Morgan fingerprint density at radius 3 is 2.32 bits per heavy atom. The second-order valence-electron chi connectivity index (χ2n) is 4.23. The van der Waals surface area contributed by atoms with Crippen LogP contribution in [0.4, 0.5) is 0 Å². The lowest BCUT2D eigenvalue weighted by Crippen LogP contribution is -1.97. The van der Waals surface area contributed by atoms with E-state index in [2.05, 4.69) is 9.05 Å². The van der Waals surface area contributed by atoms with Crippen LogP contribution in [0.1, 0.15) is 19.4 Å². The second kappa shape index (κ2) is 8.63. The van der Waals surface area contributed by atoms with E-state index in [1.165, 1.54) is 6.07 Å². The number of aryl methyl sites for hydroxylation is 1. The number of para-hydroxylation sites is 1. The molecule has 0 bridgehead atoms. The molecule has 1 aromatic carbocycles. The summed E-state index contributed by atoms with van der Waals surface area (Å²) in [4.78, 5) is 21.0. The number of carbonyl (C=O) groups excluding carboxylic acids is 1. The Bertz CT molecular complexity index is 711. The predicted octanol–water partition coefficient (Wildman–Crippen LogP) is 3.54. The quantitative estimate of drug-likeness (QED) is 0.475. The molecule has 0 amide bonds. The van der Waals surface area contributed by atoms with Gasteiger partial charge in [-0.25, -0.2) is 4.79 Å². The average Bonchev–Trinajstić information content (AvgIpc) is 2.48. The SMILES string of the molecule is CCOP(=O)(C=O)OCC.Cc1cc(=O)oc2ccccc12. The van der Waals surface area contributed by atoms with Gasteiger partial charge in [0.05, 0.1) is 13.2 Å². The van der Waals surface area contributed by atoms with Crippen LogP contribution in [0, 0.1) is 6.92 Å². The number of benzene rings is 1. The molecule has 0 saturated carbocycles. The third-order valence-electron chi connectivity index (χ3n) is 2.60. The standard InChI is InChI=1S/C10H8O2.C5H11O4P/c1-7-6-10(11)12-9-5-3-2-4-8(7)9;1-3-8-10(7,5-6)9-4-2/h2-6H,1H3;5H,3-4H2,1-2H3. The van der Waals surface area contributed by atoms with Crippen molar-refractivity contribution in [1.29, 1.82) is 0 Å². The average molecular weight is 326 g/mol. The van der Waals surface area contributed by atoms with Gasteiger partial charge in [0.1, 0.15) is 5.58 Å². The van der Waals surface area contributed by atoms with Crippen LogP contribution in [0.5, 0.6) is 0 Å². The molecule has 7 heteroatoms. The normalized spacial score (nSPS) is 10.9. The Morgan fingerprint density at radius 1 is 1.18 bits per heavy atom. The monoisotopic (exact) mass is 326 g/mol. The van der Waals surface area contributed by atoms with Gasteiger partial charge in [-0.3, -0.25) is 9.36 Å². The minimum atomic E-state index is -3.38. The number of hydrogen-bond donors (Lipinski definition) is 0. The largest absolute Gasteiger partial charge is 0.423 e. The van der Waals surface area contributed by atoms with E-state index in [4.69, 9.17) is 4.42 Å². The molecule has 120 valence electrons. The van der Waals surface area contributed by atoms with Crippen molar-refractivity contribution in [3.05, 3.63) is 46.3 Å². The summed E-state index contributed by atoms with van der Waals surface area (Å²) in [6.45, 7) is 5.63. The summed E-state index contributed by atoms with van der Waals surface area (Å²) >= 11 is 0. The van der Waals surface area contributed by atoms with Crippen LogP contribution in [0.15, 0.2) is 39.5 Å². The molecule has 0 unspecified atom stereocenters. The maximum absolute atomic E-state index is 11.0. The molecule has 0 atom stereocenters. The zero-order valence-corrected chi connectivity index (χ0v) is 13.7. The van der Waals surface area contributed by atoms with E-state index in [9.17, 15) is 14.2 Å². The highest BCUT2D eigenvalue weighted by Crippen LogP contribution is 2.44. The van der Waals surface area contributed by atoms with E-state index in [0.29, 0.717) is 5.58 Å². The predicted molar refractivity (Wildman–Crippen MR) is 84.8 cm³/mol. The molecule has 0 aliphatic carbocycles. The van der Waals surface area contributed by atoms with E-state index in [1.807, 2.05) is 25.1 Å². The van der Waals surface area contributed by atoms with Crippen LogP contribution in [-0.2, 0) is 18.4 Å². The first-order valence-corrected chi connectivity index (χ1v) is 8.41. The van der Waals surface area contributed by atoms with Crippen molar-refractivity contribution < 1.29 is 22.8 Å². The van der Waals surface area contributed by atoms with Gasteiger partial charge in [0.2, 0.25) is 6.03 Å². The number of rotatable bonds is 5. The third-order valence-corrected chi connectivity index (χ3v) is 4.10. The Morgan fingerprint density at radius 2 is 1.77 bits per heavy atom. The number of hydrogen-bond acceptors (Lipinski definition) is 6. The van der Waals surface area contributed by atoms with Crippen molar-refractivity contribution in [1.82, 2.24) is 0 Å². The third kappa shape index (κ3) is 5.22. The molecular weight excluding hydrogens is 307 g/mol. The van der Waals surface area contributed by atoms with Crippen LogP contribution in [0.2, 0.25) is 0 Å². The van der Waals surface area contributed by atoms with E-state index < -0.39 is 7.60 Å². The van der Waals surface area contributed by atoms with Gasteiger partial charge >= 0.3 is 13.2 Å². The first kappa shape index (κ1) is 18.3. The van der Waals surface area contributed by atoms with Gasteiger partial charge in [-0.1, -0.05) is 18.2 Å². The molecule has 0 aliphatic rings. The van der Waals surface area contributed by atoms with Crippen LogP contribution in [-0.4, -0.2) is 19.2 Å². The summed E-state index contributed by atoms with van der Waals surface area (Å²) in [5.74, 6) is 0. The summed E-state index contributed by atoms with van der Waals surface area (Å²) in [5, 5.41) is 0.997. The molecule has 2 rings (SSSR count). The highest BCUT2D eigenvalue weighted by atomic mass is 31.2. The Balaban J connectivity index is 0.000000225. The smallest absolute Gasteiger partial charge is 0.393 e. The lowest BCUT2D eigenvalue weighted by atomic mass is 10.1. The minimum Gasteiger partial charge on any atom is -0.423 e. The van der Waals surface area contributed by atoms with Crippen LogP contribution in [0.3, 0.4) is 0 Å². The molecule has 0 saturated heterocycles. The topological polar surface area (TPSA) is 82.8 Å². The van der Waals surface area contributed by atoms with Gasteiger partial charge in [-0.05, 0) is 32.4 Å². The van der Waals surface area contributed by atoms with E-state index in [-0.39, 0.29) is 24.9 Å². The van der Waals surface area contributed by atoms with Crippen molar-refractivity contribution in [2.24, 2.45) is 0 Å². The second-order valence-corrected chi connectivity index (χ2v) is 6.03. The first-order chi connectivity index (χ1) is 10.5. The number of fused-ring (bicyclic) bond motifs is 1. The van der Waals surface area contributed by atoms with Crippen LogP contribution < -0.4 is 5.63 Å². The Kier molecular flexibility index (Phi) is 7.18. The maximum Gasteiger partial charge on any atom is 0.393 e. The molecule has 0 aliphatic heterocycles. The minimum absolute atomic E-state index is 0.218. The highest BCUT2D eigenvalue weighted by Gasteiger charge is 2.21. The summed E-state index contributed by atoms with van der Waals surface area (Å²) in [6.07, 6.45) is 0. The van der Waals surface area contributed by atoms with Gasteiger partial charge in [0.25, 0.3) is 0 Å². The van der Waals surface area contributed by atoms with Crippen molar-refractivity contribution in [3.63, 3.8) is 0 Å². The van der Waals surface area contributed by atoms with Gasteiger partial charge in [0, 0.05) is 11.5 Å². The molecule has 0 radical (unpaired) electrons. The Hall–Kier alpha value is -1.75. The van der Waals surface area contributed by atoms with E-state index in [1.54, 1.807) is 19.9 Å². The van der Waals surface area contributed by atoms with Gasteiger partial charge in [-0.2, -0.15) is 0 Å². The molecule has 6 nitrogen and oxygen atoms in total. The maximum atomic E-state index is 11.0. The highest BCUT2D eigenvalue weighted by molar-refractivity contribution is 7.69. The van der Waals surface area contributed by atoms with Gasteiger partial charge in [0.15, 0.2) is 0 Å².